The van der Waals surface area contributed by atoms with E-state index >= 15 is 0 Å². The largest absolute Gasteiger partial charge is 0.174 e. The summed E-state index contributed by atoms with van der Waals surface area (Å²) in [7, 11) is 0. The van der Waals surface area contributed by atoms with Crippen LogP contribution in [0.15, 0.2) is 0 Å². The highest BCUT2D eigenvalue weighted by Gasteiger charge is 2.07. The van der Waals surface area contributed by atoms with Gasteiger partial charge in [-0.3, -0.25) is 0 Å². The summed E-state index contributed by atoms with van der Waals surface area (Å²) in [5.74, 6) is 0. The van der Waals surface area contributed by atoms with Crippen molar-refractivity contribution in [2.24, 2.45) is 0 Å². The van der Waals surface area contributed by atoms with Crippen LogP contribution < -0.4 is 0 Å². The second-order valence-corrected chi connectivity index (χ2v) is 4.66. The fraction of sp³-hybridized carbons (Fsp3) is 0.500. The first kappa shape index (κ1) is 7.54. The molecule has 0 atom stereocenters. The molecule has 0 aromatic rings. The predicted molar refractivity (Wildman–Crippen MR) is 36.6 cm³/mol. The molecule has 0 saturated carbocycles. The summed E-state index contributed by atoms with van der Waals surface area (Å²) in [6.07, 6.45) is 0. The lowest BCUT2D eigenvalue weighted by Gasteiger charge is -1.94. The van der Waals surface area contributed by atoms with E-state index in [0.29, 0.717) is 0 Å². The fourth-order valence-electron chi connectivity index (χ4n) is 0. The zero-order valence-electron chi connectivity index (χ0n) is 2.59. The molecule has 0 aliphatic heterocycles. The van der Waals surface area contributed by atoms with E-state index in [1.54, 1.807) is 0 Å². The third kappa shape index (κ3) is 3.72. The summed E-state index contributed by atoms with van der Waals surface area (Å²) in [6.45, 7) is 0. The van der Waals surface area contributed by atoms with Gasteiger partial charge in [-0.1, -0.05) is 55.1 Å². The first-order valence-electron chi connectivity index (χ1n) is 1.10. The van der Waals surface area contributed by atoms with Crippen LogP contribution in [0.3, 0.4) is 0 Å². The third-order valence-corrected chi connectivity index (χ3v) is 2.57. The number of rotatable bonds is 1. The second kappa shape index (κ2) is 3.53. The maximum absolute atomic E-state index is 5.20. The van der Waals surface area contributed by atoms with Gasteiger partial charge in [0.05, 0.1) is 0 Å². The minimum absolute atomic E-state index is 0.0756. The molecule has 0 rings (SSSR count). The average molecular weight is 256 g/mol. The average Bonchev–Trinajstić information content (AvgIpc) is 1.36. The molecule has 0 aromatic heterocycles. The van der Waals surface area contributed by atoms with Crippen molar-refractivity contribution >= 4 is 55.1 Å². The van der Waals surface area contributed by atoms with Crippen molar-refractivity contribution in [3.63, 3.8) is 0 Å². The molecule has 0 aromatic carbocycles. The van der Waals surface area contributed by atoms with Crippen LogP contribution in [0.2, 0.25) is 0 Å². The zero-order valence-corrected chi connectivity index (χ0v) is 7.27. The topological polar surface area (TPSA) is 0 Å². The summed E-state index contributed by atoms with van der Waals surface area (Å²) in [4.78, 5) is 0.287. The summed E-state index contributed by atoms with van der Waals surface area (Å²) < 4.78 is -0.0756. The lowest BCUT2D eigenvalue weighted by atomic mass is 11.0. The lowest BCUT2D eigenvalue weighted by Crippen LogP contribution is -1.84. The Bertz CT molecular complexity index is 30.5. The molecule has 0 heterocycles. The van der Waals surface area contributed by atoms with E-state index in [1.165, 1.54) is 0 Å². The summed E-state index contributed by atoms with van der Waals surface area (Å²) in [5.41, 5.74) is 0. The van der Waals surface area contributed by atoms with Gasteiger partial charge in [-0.15, -0.1) is 0 Å². The molecule has 0 N–H and O–H groups in total. The van der Waals surface area contributed by atoms with Crippen LogP contribution in [0, 0.1) is 4.84 Å². The standard InChI is InChI=1S/C2HBr2Cl2/c3-1(4)2(5)6/h1H. The highest BCUT2D eigenvalue weighted by Crippen LogP contribution is 2.28. The van der Waals surface area contributed by atoms with Crippen LogP contribution in [0.5, 0.6) is 0 Å². The van der Waals surface area contributed by atoms with Gasteiger partial charge in [0.1, 0.15) is 3.74 Å². The first-order chi connectivity index (χ1) is 2.64. The first-order valence-corrected chi connectivity index (χ1v) is 3.69. The molecule has 0 amide bonds. The number of hydrogen-bond donors (Lipinski definition) is 0. The van der Waals surface area contributed by atoms with Crippen LogP contribution in [0.25, 0.3) is 0 Å². The van der Waals surface area contributed by atoms with Crippen LogP contribution in [-0.4, -0.2) is 3.74 Å². The number of hydrogen-bond acceptors (Lipinski definition) is 0. The van der Waals surface area contributed by atoms with E-state index in [1.807, 2.05) is 0 Å². The van der Waals surface area contributed by atoms with Gasteiger partial charge in [0.15, 0.2) is 4.84 Å². The molecule has 6 heavy (non-hydrogen) atoms. The van der Waals surface area contributed by atoms with E-state index in [0.717, 1.165) is 0 Å². The molecule has 0 saturated heterocycles. The Balaban J connectivity index is 2.99. The number of alkyl halides is 2. The van der Waals surface area contributed by atoms with Gasteiger partial charge in [0.25, 0.3) is 0 Å². The normalized spacial score (nSPS) is 11.0. The minimum atomic E-state index is -0.0756. The summed E-state index contributed by atoms with van der Waals surface area (Å²) in [5, 5.41) is 0. The van der Waals surface area contributed by atoms with E-state index in [-0.39, 0.29) is 8.57 Å². The van der Waals surface area contributed by atoms with Gasteiger partial charge >= 0.3 is 0 Å². The molecule has 0 unspecified atom stereocenters. The molecule has 4 heteroatoms. The Kier molecular flexibility index (Phi) is 4.44. The maximum Gasteiger partial charge on any atom is 0.174 e. The smallest absolute Gasteiger partial charge is 0.0960 e. The Morgan fingerprint density at radius 3 is 1.50 bits per heavy atom. The van der Waals surface area contributed by atoms with E-state index < -0.39 is 0 Å². The molecule has 1 radical (unpaired) electrons. The molecule has 0 nitrogen and oxygen atoms in total. The SMILES string of the molecule is Cl[C](Cl)C(Br)Br. The molecule has 0 spiro atoms. The van der Waals surface area contributed by atoms with Crippen molar-refractivity contribution in [1.29, 1.82) is 0 Å². The van der Waals surface area contributed by atoms with Crippen LogP contribution in [0.1, 0.15) is 0 Å². The Morgan fingerprint density at radius 2 is 1.50 bits per heavy atom. The van der Waals surface area contributed by atoms with Gasteiger partial charge < -0.3 is 0 Å². The summed E-state index contributed by atoms with van der Waals surface area (Å²) >= 11 is 16.5. The molecule has 0 fully saturated rings. The zero-order chi connectivity index (χ0) is 5.15. The van der Waals surface area contributed by atoms with Gasteiger partial charge in [0.2, 0.25) is 0 Å². The monoisotopic (exact) mass is 253 g/mol. The highest BCUT2D eigenvalue weighted by molar-refractivity contribution is 9.24. The predicted octanol–water partition coefficient (Wildman–Crippen LogP) is 3.07. The van der Waals surface area contributed by atoms with Gasteiger partial charge in [-0.05, 0) is 0 Å². The fourth-order valence-corrected chi connectivity index (χ4v) is 0. The lowest BCUT2D eigenvalue weighted by molar-refractivity contribution is 1.60. The Hall–Kier alpha value is 1.54. The molecular formula is C2HBr2Cl2. The second-order valence-electron chi connectivity index (χ2n) is 0.590. The van der Waals surface area contributed by atoms with Gasteiger partial charge in [-0.25, -0.2) is 0 Å². The molecule has 0 aliphatic carbocycles. The van der Waals surface area contributed by atoms with Crippen molar-refractivity contribution in [2.75, 3.05) is 0 Å². The van der Waals surface area contributed by atoms with E-state index in [9.17, 15) is 0 Å². The van der Waals surface area contributed by atoms with Crippen molar-refractivity contribution < 1.29 is 0 Å². The van der Waals surface area contributed by atoms with Crippen LogP contribution in [0.4, 0.5) is 0 Å². The third-order valence-electron chi connectivity index (χ3n) is 0.165. The molecule has 0 bridgehead atoms. The van der Waals surface area contributed by atoms with Crippen molar-refractivity contribution in [3.05, 3.63) is 4.84 Å². The molecule has 0 aliphatic rings. The van der Waals surface area contributed by atoms with Crippen molar-refractivity contribution in [3.8, 4) is 0 Å². The minimum Gasteiger partial charge on any atom is -0.0960 e. The van der Waals surface area contributed by atoms with E-state index in [4.69, 9.17) is 23.2 Å². The maximum atomic E-state index is 5.20. The summed E-state index contributed by atoms with van der Waals surface area (Å²) in [6, 6.07) is 0. The quantitative estimate of drug-likeness (QED) is 0.632. The van der Waals surface area contributed by atoms with Crippen molar-refractivity contribution in [1.82, 2.24) is 0 Å². The van der Waals surface area contributed by atoms with E-state index in [2.05, 4.69) is 31.9 Å². The van der Waals surface area contributed by atoms with Gasteiger partial charge in [0, 0.05) is 0 Å². The Morgan fingerprint density at radius 1 is 1.33 bits per heavy atom. The van der Waals surface area contributed by atoms with Crippen LogP contribution >= 0.6 is 55.1 Å². The number of halogens is 4. The van der Waals surface area contributed by atoms with Crippen molar-refractivity contribution in [2.45, 2.75) is 3.74 Å². The molecular weight excluding hydrogens is 255 g/mol. The van der Waals surface area contributed by atoms with Gasteiger partial charge in [-0.2, -0.15) is 0 Å². The van der Waals surface area contributed by atoms with Crippen LogP contribution in [-0.2, 0) is 0 Å². The Labute approximate surface area is 63.4 Å². The molecule has 37 valence electrons. The highest BCUT2D eigenvalue weighted by atomic mass is 79.9.